The summed E-state index contributed by atoms with van der Waals surface area (Å²) < 4.78 is 0. The molecule has 0 saturated carbocycles. The molecule has 0 aliphatic carbocycles. The summed E-state index contributed by atoms with van der Waals surface area (Å²) in [5.41, 5.74) is 0.576. The van der Waals surface area contributed by atoms with Crippen LogP contribution >= 0.6 is 0 Å². The van der Waals surface area contributed by atoms with Crippen LogP contribution in [0.4, 0.5) is 5.69 Å². The molecule has 0 aromatic heterocycles. The topological polar surface area (TPSA) is 92.5 Å². The van der Waals surface area contributed by atoms with E-state index in [9.17, 15) is 14.9 Å². The Morgan fingerprint density at radius 1 is 1.40 bits per heavy atom. The summed E-state index contributed by atoms with van der Waals surface area (Å²) in [5.74, 6) is -1.09. The van der Waals surface area contributed by atoms with E-state index in [0.29, 0.717) is 5.56 Å². The van der Waals surface area contributed by atoms with Crippen molar-refractivity contribution >= 4 is 11.7 Å². The van der Waals surface area contributed by atoms with Crippen LogP contribution in [0.15, 0.2) is 18.2 Å². The number of carboxylic acids is 1. The number of nitro benzene ring substituents is 1. The van der Waals surface area contributed by atoms with Crippen LogP contribution in [-0.4, -0.2) is 22.5 Å². The summed E-state index contributed by atoms with van der Waals surface area (Å²) in [4.78, 5) is 21.3. The van der Waals surface area contributed by atoms with E-state index in [1.54, 1.807) is 0 Å². The van der Waals surface area contributed by atoms with E-state index in [0.717, 1.165) is 13.0 Å². The molecule has 0 heterocycles. The maximum absolute atomic E-state index is 10.9. The zero-order chi connectivity index (χ0) is 15.3. The number of carboxylic acid groups (broad SMARTS) is 1. The molecule has 1 rings (SSSR count). The summed E-state index contributed by atoms with van der Waals surface area (Å²) in [7, 11) is 0. The first kappa shape index (κ1) is 16.1. The van der Waals surface area contributed by atoms with Crippen molar-refractivity contribution in [3.05, 3.63) is 39.4 Å². The molecular formula is C14H20N2O4. The molecule has 1 aromatic carbocycles. The van der Waals surface area contributed by atoms with Gasteiger partial charge in [-0.1, -0.05) is 20.8 Å². The quantitative estimate of drug-likeness (QED) is 0.475. The molecule has 0 unspecified atom stereocenters. The van der Waals surface area contributed by atoms with Crippen molar-refractivity contribution in [1.82, 2.24) is 5.32 Å². The zero-order valence-corrected chi connectivity index (χ0v) is 12.0. The number of benzene rings is 1. The highest BCUT2D eigenvalue weighted by molar-refractivity contribution is 5.88. The minimum atomic E-state index is -1.09. The molecular weight excluding hydrogens is 260 g/mol. The lowest BCUT2D eigenvalue weighted by Gasteiger charge is -2.18. The first-order chi connectivity index (χ1) is 9.20. The SMILES string of the molecule is CC(C)(C)CCNCc1cc(C(=O)O)ccc1[N+](=O)[O-]. The van der Waals surface area contributed by atoms with Crippen LogP contribution in [0.1, 0.15) is 43.1 Å². The number of nitro groups is 1. The molecule has 0 bridgehead atoms. The number of carbonyl (C=O) groups is 1. The van der Waals surface area contributed by atoms with Gasteiger partial charge in [0, 0.05) is 18.2 Å². The monoisotopic (exact) mass is 280 g/mol. The summed E-state index contributed by atoms with van der Waals surface area (Å²) in [5, 5.41) is 23.0. The van der Waals surface area contributed by atoms with Gasteiger partial charge in [0.1, 0.15) is 0 Å². The van der Waals surface area contributed by atoms with Gasteiger partial charge in [-0.2, -0.15) is 0 Å². The van der Waals surface area contributed by atoms with Gasteiger partial charge < -0.3 is 10.4 Å². The summed E-state index contributed by atoms with van der Waals surface area (Å²) >= 11 is 0. The Kier molecular flexibility index (Phi) is 5.21. The number of nitrogens with one attached hydrogen (secondary N) is 1. The number of rotatable bonds is 6. The van der Waals surface area contributed by atoms with Gasteiger partial charge in [0.2, 0.25) is 0 Å². The molecule has 0 radical (unpaired) electrons. The molecule has 1 aromatic rings. The molecule has 20 heavy (non-hydrogen) atoms. The molecule has 0 aliphatic rings. The van der Waals surface area contributed by atoms with E-state index < -0.39 is 10.9 Å². The zero-order valence-electron chi connectivity index (χ0n) is 12.0. The van der Waals surface area contributed by atoms with Crippen molar-refractivity contribution in [2.75, 3.05) is 6.54 Å². The van der Waals surface area contributed by atoms with E-state index >= 15 is 0 Å². The van der Waals surface area contributed by atoms with Crippen LogP contribution < -0.4 is 5.32 Å². The van der Waals surface area contributed by atoms with Crippen LogP contribution in [-0.2, 0) is 6.54 Å². The number of aromatic carboxylic acids is 1. The van der Waals surface area contributed by atoms with E-state index in [1.165, 1.54) is 18.2 Å². The van der Waals surface area contributed by atoms with E-state index in [1.807, 2.05) is 0 Å². The summed E-state index contributed by atoms with van der Waals surface area (Å²) in [6.07, 6.45) is 0.930. The maximum atomic E-state index is 10.9. The van der Waals surface area contributed by atoms with Crippen molar-refractivity contribution in [1.29, 1.82) is 0 Å². The van der Waals surface area contributed by atoms with Gasteiger partial charge in [0.05, 0.1) is 10.5 Å². The second-order valence-corrected chi connectivity index (χ2v) is 5.89. The molecule has 0 saturated heterocycles. The van der Waals surface area contributed by atoms with Gasteiger partial charge in [0.25, 0.3) is 5.69 Å². The number of hydrogen-bond acceptors (Lipinski definition) is 4. The molecule has 2 N–H and O–H groups in total. The molecule has 110 valence electrons. The normalized spacial score (nSPS) is 11.3. The molecule has 0 fully saturated rings. The first-order valence-corrected chi connectivity index (χ1v) is 6.42. The Labute approximate surface area is 118 Å². The lowest BCUT2D eigenvalue weighted by Crippen LogP contribution is -2.20. The van der Waals surface area contributed by atoms with Crippen LogP contribution in [0.25, 0.3) is 0 Å². The minimum absolute atomic E-state index is 0.0572. The highest BCUT2D eigenvalue weighted by Crippen LogP contribution is 2.21. The van der Waals surface area contributed by atoms with Crippen LogP contribution in [0.5, 0.6) is 0 Å². The fourth-order valence-electron chi connectivity index (χ4n) is 1.72. The third-order valence-electron chi connectivity index (χ3n) is 2.89. The average molecular weight is 280 g/mol. The van der Waals surface area contributed by atoms with Crippen molar-refractivity contribution in [2.45, 2.75) is 33.7 Å². The second kappa shape index (κ2) is 6.47. The first-order valence-electron chi connectivity index (χ1n) is 6.42. The molecule has 0 amide bonds. The van der Waals surface area contributed by atoms with Crippen molar-refractivity contribution < 1.29 is 14.8 Å². The molecule has 6 nitrogen and oxygen atoms in total. The minimum Gasteiger partial charge on any atom is -0.478 e. The van der Waals surface area contributed by atoms with Gasteiger partial charge in [-0.3, -0.25) is 10.1 Å². The van der Waals surface area contributed by atoms with Crippen molar-refractivity contribution in [3.8, 4) is 0 Å². The summed E-state index contributed by atoms with van der Waals surface area (Å²) in [6, 6.07) is 3.84. The van der Waals surface area contributed by atoms with Gasteiger partial charge in [0.15, 0.2) is 0 Å². The number of hydrogen-bond donors (Lipinski definition) is 2. The van der Waals surface area contributed by atoms with Crippen molar-refractivity contribution in [2.24, 2.45) is 5.41 Å². The number of nitrogens with zero attached hydrogens (tertiary/aromatic N) is 1. The largest absolute Gasteiger partial charge is 0.478 e. The highest BCUT2D eigenvalue weighted by atomic mass is 16.6. The summed E-state index contributed by atoms with van der Waals surface area (Å²) in [6.45, 7) is 7.35. The Balaban J connectivity index is 2.78. The molecule has 6 heteroatoms. The third kappa shape index (κ3) is 4.97. The van der Waals surface area contributed by atoms with Gasteiger partial charge in [-0.25, -0.2) is 4.79 Å². The van der Waals surface area contributed by atoms with Gasteiger partial charge in [-0.15, -0.1) is 0 Å². The lowest BCUT2D eigenvalue weighted by molar-refractivity contribution is -0.385. The van der Waals surface area contributed by atoms with Gasteiger partial charge >= 0.3 is 5.97 Å². The fourth-order valence-corrected chi connectivity index (χ4v) is 1.72. The fraction of sp³-hybridized carbons (Fsp3) is 0.500. The highest BCUT2D eigenvalue weighted by Gasteiger charge is 2.16. The second-order valence-electron chi connectivity index (χ2n) is 5.89. The maximum Gasteiger partial charge on any atom is 0.335 e. The predicted octanol–water partition coefficient (Wildman–Crippen LogP) is 2.82. The average Bonchev–Trinajstić information content (AvgIpc) is 2.33. The smallest absolute Gasteiger partial charge is 0.335 e. The predicted molar refractivity (Wildman–Crippen MR) is 75.8 cm³/mol. The molecule has 0 spiro atoms. The Morgan fingerprint density at radius 2 is 2.05 bits per heavy atom. The van der Waals surface area contributed by atoms with E-state index in [-0.39, 0.29) is 23.2 Å². The Hall–Kier alpha value is -1.95. The van der Waals surface area contributed by atoms with E-state index in [4.69, 9.17) is 5.11 Å². The lowest BCUT2D eigenvalue weighted by atomic mass is 9.92. The van der Waals surface area contributed by atoms with E-state index in [2.05, 4.69) is 26.1 Å². The Bertz CT molecular complexity index is 506. The Morgan fingerprint density at radius 3 is 2.55 bits per heavy atom. The van der Waals surface area contributed by atoms with Crippen molar-refractivity contribution in [3.63, 3.8) is 0 Å². The van der Waals surface area contributed by atoms with Crippen LogP contribution in [0.3, 0.4) is 0 Å². The van der Waals surface area contributed by atoms with Crippen LogP contribution in [0, 0.1) is 15.5 Å². The molecule has 0 atom stereocenters. The van der Waals surface area contributed by atoms with Crippen LogP contribution in [0.2, 0.25) is 0 Å². The molecule has 0 aliphatic heterocycles. The third-order valence-corrected chi connectivity index (χ3v) is 2.89. The standard InChI is InChI=1S/C14H20N2O4/c1-14(2,3)6-7-15-9-11-8-10(13(17)18)4-5-12(11)16(19)20/h4-5,8,15H,6-7,9H2,1-3H3,(H,17,18). The van der Waals surface area contributed by atoms with Gasteiger partial charge in [-0.05, 0) is 30.5 Å².